The van der Waals surface area contributed by atoms with Crippen LogP contribution in [-0.2, 0) is 4.79 Å². The second-order valence-corrected chi connectivity index (χ2v) is 6.84. The molecule has 1 aromatic heterocycles. The minimum Gasteiger partial charge on any atom is -0.497 e. The maximum absolute atomic E-state index is 12.1. The highest BCUT2D eigenvalue weighted by molar-refractivity contribution is 8.02. The Bertz CT molecular complexity index is 601. The molecule has 5 nitrogen and oxygen atoms in total. The zero-order chi connectivity index (χ0) is 14.5. The average Bonchev–Trinajstić information content (AvgIpc) is 2.84. The Kier molecular flexibility index (Phi) is 4.97. The fraction of sp³-hybridized carbons (Fsp3) is 0.308. The largest absolute Gasteiger partial charge is 0.497 e. The lowest BCUT2D eigenvalue weighted by molar-refractivity contribution is -0.115. The van der Waals surface area contributed by atoms with Crippen LogP contribution in [0.25, 0.3) is 0 Å². The number of nitrogens with one attached hydrogen (secondary N) is 1. The number of nitrogens with zero attached hydrogens (tertiary/aromatic N) is 2. The monoisotopic (exact) mass is 309 g/mol. The number of amides is 1. The van der Waals surface area contributed by atoms with Crippen molar-refractivity contribution in [2.75, 3.05) is 12.4 Å². The second kappa shape index (κ2) is 6.71. The van der Waals surface area contributed by atoms with Gasteiger partial charge in [-0.1, -0.05) is 29.2 Å². The third-order valence-electron chi connectivity index (χ3n) is 2.49. The molecule has 0 fully saturated rings. The maximum atomic E-state index is 12.1. The smallest absolute Gasteiger partial charge is 0.237 e. The zero-order valence-corrected chi connectivity index (χ0v) is 13.0. The molecule has 7 heteroatoms. The Labute approximate surface area is 125 Å². The normalized spacial score (nSPS) is 11.9. The fourth-order valence-electron chi connectivity index (χ4n) is 1.48. The summed E-state index contributed by atoms with van der Waals surface area (Å²) in [4.78, 5) is 12.1. The van der Waals surface area contributed by atoms with Crippen LogP contribution >= 0.6 is 23.1 Å². The van der Waals surface area contributed by atoms with Gasteiger partial charge in [-0.3, -0.25) is 4.79 Å². The van der Waals surface area contributed by atoms with Crippen LogP contribution in [0.2, 0.25) is 0 Å². The van der Waals surface area contributed by atoms with Crippen molar-refractivity contribution >= 4 is 34.7 Å². The summed E-state index contributed by atoms with van der Waals surface area (Å²) in [6, 6.07) is 7.27. The third-order valence-corrected chi connectivity index (χ3v) is 4.51. The Morgan fingerprint density at radius 3 is 2.90 bits per heavy atom. The lowest BCUT2D eigenvalue weighted by atomic mass is 10.3. The van der Waals surface area contributed by atoms with Crippen LogP contribution in [0.4, 0.5) is 5.69 Å². The molecular formula is C13H15N3O2S2. The number of thioether (sulfide) groups is 1. The highest BCUT2D eigenvalue weighted by Crippen LogP contribution is 2.27. The van der Waals surface area contributed by atoms with Crippen LogP contribution in [0, 0.1) is 6.92 Å². The van der Waals surface area contributed by atoms with Crippen LogP contribution in [0.3, 0.4) is 0 Å². The van der Waals surface area contributed by atoms with E-state index in [1.165, 1.54) is 23.1 Å². The van der Waals surface area contributed by atoms with Gasteiger partial charge in [0.2, 0.25) is 5.91 Å². The summed E-state index contributed by atoms with van der Waals surface area (Å²) in [5.74, 6) is 0.638. The molecule has 0 aliphatic carbocycles. The molecule has 0 aliphatic rings. The highest BCUT2D eigenvalue weighted by Gasteiger charge is 2.17. The maximum Gasteiger partial charge on any atom is 0.237 e. The van der Waals surface area contributed by atoms with E-state index >= 15 is 0 Å². The molecule has 106 valence electrons. The number of aryl methyl sites for hydroxylation is 1. The number of carbonyl (C=O) groups excluding carboxylic acids is 1. The zero-order valence-electron chi connectivity index (χ0n) is 11.4. The molecule has 1 atom stereocenters. The molecule has 0 saturated heterocycles. The topological polar surface area (TPSA) is 64.1 Å². The van der Waals surface area contributed by atoms with Gasteiger partial charge in [0.25, 0.3) is 0 Å². The predicted molar refractivity (Wildman–Crippen MR) is 81.6 cm³/mol. The molecule has 1 aromatic carbocycles. The molecule has 2 rings (SSSR count). The van der Waals surface area contributed by atoms with Gasteiger partial charge in [-0.15, -0.1) is 10.2 Å². The van der Waals surface area contributed by atoms with E-state index in [-0.39, 0.29) is 11.2 Å². The van der Waals surface area contributed by atoms with Gasteiger partial charge < -0.3 is 10.1 Å². The summed E-state index contributed by atoms with van der Waals surface area (Å²) in [6.07, 6.45) is 0. The van der Waals surface area contributed by atoms with Crippen molar-refractivity contribution in [3.63, 3.8) is 0 Å². The molecule has 1 amide bonds. The van der Waals surface area contributed by atoms with E-state index in [0.717, 1.165) is 15.0 Å². The van der Waals surface area contributed by atoms with E-state index in [0.29, 0.717) is 5.75 Å². The van der Waals surface area contributed by atoms with Crippen molar-refractivity contribution in [3.05, 3.63) is 29.3 Å². The number of carbonyl (C=O) groups is 1. The first kappa shape index (κ1) is 14.8. The molecule has 20 heavy (non-hydrogen) atoms. The average molecular weight is 309 g/mol. The molecule has 2 aromatic rings. The molecule has 1 heterocycles. The number of aromatic nitrogens is 2. The summed E-state index contributed by atoms with van der Waals surface area (Å²) in [6.45, 7) is 3.74. The minimum absolute atomic E-state index is 0.0730. The molecule has 0 saturated carbocycles. The number of methoxy groups -OCH3 is 1. The number of benzene rings is 1. The summed E-state index contributed by atoms with van der Waals surface area (Å²) in [7, 11) is 1.59. The van der Waals surface area contributed by atoms with E-state index < -0.39 is 0 Å². The highest BCUT2D eigenvalue weighted by atomic mass is 32.2. The van der Waals surface area contributed by atoms with Gasteiger partial charge in [0.15, 0.2) is 4.34 Å². The van der Waals surface area contributed by atoms with Crippen molar-refractivity contribution in [2.45, 2.75) is 23.4 Å². The predicted octanol–water partition coefficient (Wildman–Crippen LogP) is 2.97. The SMILES string of the molecule is COc1cccc(NC(=O)C(C)Sc2nnc(C)s2)c1. The van der Waals surface area contributed by atoms with E-state index in [1.54, 1.807) is 13.2 Å². The summed E-state index contributed by atoms with van der Waals surface area (Å²) in [5, 5.41) is 11.5. The number of anilines is 1. The Morgan fingerprint density at radius 2 is 2.25 bits per heavy atom. The molecule has 1 unspecified atom stereocenters. The van der Waals surface area contributed by atoms with Crippen molar-refractivity contribution in [3.8, 4) is 5.75 Å². The molecule has 0 spiro atoms. The van der Waals surface area contributed by atoms with Gasteiger partial charge in [0.05, 0.1) is 12.4 Å². The molecule has 0 bridgehead atoms. The summed E-state index contributed by atoms with van der Waals surface area (Å²) < 4.78 is 5.92. The third kappa shape index (κ3) is 3.94. The van der Waals surface area contributed by atoms with E-state index in [4.69, 9.17) is 4.74 Å². The Morgan fingerprint density at radius 1 is 1.45 bits per heavy atom. The summed E-state index contributed by atoms with van der Waals surface area (Å²) in [5.41, 5.74) is 0.718. The number of hydrogen-bond acceptors (Lipinski definition) is 6. The standard InChI is InChI=1S/C13H15N3O2S2/c1-8(19-13-16-15-9(2)20-13)12(17)14-10-5-4-6-11(7-10)18-3/h4-8H,1-3H3,(H,14,17). The van der Waals surface area contributed by atoms with E-state index in [2.05, 4.69) is 15.5 Å². The Balaban J connectivity index is 1.96. The van der Waals surface area contributed by atoms with Crippen molar-refractivity contribution in [1.29, 1.82) is 0 Å². The van der Waals surface area contributed by atoms with Crippen LogP contribution < -0.4 is 10.1 Å². The lowest BCUT2D eigenvalue weighted by Gasteiger charge is -2.11. The first-order chi connectivity index (χ1) is 9.58. The Hall–Kier alpha value is -1.60. The number of hydrogen-bond donors (Lipinski definition) is 1. The first-order valence-electron chi connectivity index (χ1n) is 6.00. The first-order valence-corrected chi connectivity index (χ1v) is 7.70. The molecular weight excluding hydrogens is 294 g/mol. The number of ether oxygens (including phenoxy) is 1. The van der Waals surface area contributed by atoms with Gasteiger partial charge >= 0.3 is 0 Å². The second-order valence-electron chi connectivity index (χ2n) is 4.07. The fourth-order valence-corrected chi connectivity index (χ4v) is 3.44. The van der Waals surface area contributed by atoms with Crippen LogP contribution in [0.1, 0.15) is 11.9 Å². The van der Waals surface area contributed by atoms with Crippen molar-refractivity contribution in [2.24, 2.45) is 0 Å². The van der Waals surface area contributed by atoms with E-state index in [9.17, 15) is 4.79 Å². The quantitative estimate of drug-likeness (QED) is 0.860. The van der Waals surface area contributed by atoms with Crippen LogP contribution in [-0.4, -0.2) is 28.5 Å². The van der Waals surface area contributed by atoms with Gasteiger partial charge in [-0.2, -0.15) is 0 Å². The molecule has 0 aliphatic heterocycles. The van der Waals surface area contributed by atoms with Crippen molar-refractivity contribution < 1.29 is 9.53 Å². The van der Waals surface area contributed by atoms with Gasteiger partial charge in [0.1, 0.15) is 10.8 Å². The minimum atomic E-state index is -0.242. The van der Waals surface area contributed by atoms with Crippen molar-refractivity contribution in [1.82, 2.24) is 10.2 Å². The number of rotatable bonds is 5. The summed E-state index contributed by atoms with van der Waals surface area (Å²) >= 11 is 2.89. The molecule has 1 N–H and O–H groups in total. The lowest BCUT2D eigenvalue weighted by Crippen LogP contribution is -2.22. The van der Waals surface area contributed by atoms with E-state index in [1.807, 2.05) is 32.0 Å². The van der Waals surface area contributed by atoms with Gasteiger partial charge in [0, 0.05) is 11.8 Å². The molecule has 0 radical (unpaired) electrons. The van der Waals surface area contributed by atoms with Crippen LogP contribution in [0.15, 0.2) is 28.6 Å². The van der Waals surface area contributed by atoms with Crippen LogP contribution in [0.5, 0.6) is 5.75 Å². The van der Waals surface area contributed by atoms with Gasteiger partial charge in [-0.05, 0) is 26.0 Å². The van der Waals surface area contributed by atoms with Gasteiger partial charge in [-0.25, -0.2) is 0 Å².